The number of benzene rings is 1. The molecule has 1 aromatic rings. The number of nitro benzene ring substituents is 1. The second-order valence-electron chi connectivity index (χ2n) is 5.25. The van der Waals surface area contributed by atoms with Crippen LogP contribution in [0.3, 0.4) is 0 Å². The van der Waals surface area contributed by atoms with Crippen molar-refractivity contribution in [1.82, 2.24) is 11.1 Å². The third-order valence-corrected chi connectivity index (χ3v) is 3.81. The van der Waals surface area contributed by atoms with Crippen LogP contribution in [0.4, 0.5) is 11.4 Å². The second-order valence-corrected chi connectivity index (χ2v) is 5.25. The second kappa shape index (κ2) is 7.21. The highest BCUT2D eigenvalue weighted by molar-refractivity contribution is 5.57. The van der Waals surface area contributed by atoms with Crippen LogP contribution >= 0.6 is 0 Å². The van der Waals surface area contributed by atoms with Gasteiger partial charge in [-0.1, -0.05) is 6.42 Å². The van der Waals surface area contributed by atoms with Crippen LogP contribution in [0.2, 0.25) is 0 Å². The van der Waals surface area contributed by atoms with Crippen molar-refractivity contribution in [2.45, 2.75) is 32.6 Å². The Morgan fingerprint density at radius 1 is 1.30 bits per heavy atom. The van der Waals surface area contributed by atoms with Crippen LogP contribution in [0.1, 0.15) is 30.4 Å². The number of nitrogen functional groups attached to an aromatic ring is 1. The van der Waals surface area contributed by atoms with Gasteiger partial charge in [0.1, 0.15) is 0 Å². The molecule has 6 nitrogen and oxygen atoms in total. The van der Waals surface area contributed by atoms with Gasteiger partial charge >= 0.3 is 0 Å². The quantitative estimate of drug-likeness (QED) is 0.501. The highest BCUT2D eigenvalue weighted by atomic mass is 16.6. The number of hydrogen-bond donors (Lipinski definition) is 2. The zero-order chi connectivity index (χ0) is 13.8. The molecular formula is C14H24N4O2. The van der Waals surface area contributed by atoms with E-state index < -0.39 is 0 Å². The lowest BCUT2D eigenvalue weighted by atomic mass is 10.0. The first kappa shape index (κ1) is 16.4. The maximum atomic E-state index is 11.1. The molecule has 1 aliphatic rings. The van der Waals surface area contributed by atoms with Gasteiger partial charge in [0.2, 0.25) is 0 Å². The minimum Gasteiger partial charge on any atom is -0.398 e. The number of piperidine rings is 1. The molecule has 5 N–H and O–H groups in total. The molecule has 1 heterocycles. The maximum absolute atomic E-state index is 11.1. The third-order valence-electron chi connectivity index (χ3n) is 3.81. The van der Waals surface area contributed by atoms with E-state index in [2.05, 4.69) is 4.90 Å². The maximum Gasteiger partial charge on any atom is 0.273 e. The van der Waals surface area contributed by atoms with E-state index in [-0.39, 0.29) is 16.8 Å². The number of likely N-dealkylation sites (tertiary alicyclic amines) is 1. The number of nitrogens with two attached hydrogens (primary N) is 1. The summed E-state index contributed by atoms with van der Waals surface area (Å²) < 4.78 is 0. The van der Waals surface area contributed by atoms with Crippen LogP contribution in [-0.2, 0) is 6.42 Å². The van der Waals surface area contributed by atoms with Gasteiger partial charge in [-0.3, -0.25) is 10.1 Å². The van der Waals surface area contributed by atoms with Gasteiger partial charge in [0, 0.05) is 23.9 Å². The zero-order valence-corrected chi connectivity index (χ0v) is 12.1. The van der Waals surface area contributed by atoms with Crippen LogP contribution in [-0.4, -0.2) is 29.5 Å². The average molecular weight is 280 g/mol. The fourth-order valence-corrected chi connectivity index (χ4v) is 2.59. The van der Waals surface area contributed by atoms with Crippen LogP contribution in [0.5, 0.6) is 0 Å². The highest BCUT2D eigenvalue weighted by Crippen LogP contribution is 2.25. The summed E-state index contributed by atoms with van der Waals surface area (Å²) in [6, 6.07) is 3.35. The Morgan fingerprint density at radius 3 is 2.55 bits per heavy atom. The summed E-state index contributed by atoms with van der Waals surface area (Å²) in [6.45, 7) is 4.89. The molecule has 0 radical (unpaired) electrons. The molecular weight excluding hydrogens is 256 g/mol. The number of hydrogen-bond acceptors (Lipinski definition) is 5. The van der Waals surface area contributed by atoms with Crippen molar-refractivity contribution in [3.8, 4) is 0 Å². The minimum atomic E-state index is -0.308. The van der Waals surface area contributed by atoms with E-state index in [0.29, 0.717) is 12.1 Å². The van der Waals surface area contributed by atoms with Crippen LogP contribution < -0.4 is 11.9 Å². The standard InChI is InChI=1S/C14H21N3O2.H3N/c1-11-9-14(17(18)19)12(10-13(11)15)5-8-16-6-3-2-4-7-16;/h9-10H,2-8,15H2,1H3;1H3. The molecule has 0 aromatic heterocycles. The first-order valence-electron chi connectivity index (χ1n) is 6.83. The predicted molar refractivity (Wildman–Crippen MR) is 81.3 cm³/mol. The Morgan fingerprint density at radius 2 is 1.95 bits per heavy atom. The fourth-order valence-electron chi connectivity index (χ4n) is 2.59. The summed E-state index contributed by atoms with van der Waals surface area (Å²) in [7, 11) is 0. The summed E-state index contributed by atoms with van der Waals surface area (Å²) >= 11 is 0. The molecule has 1 aliphatic heterocycles. The normalized spacial score (nSPS) is 15.7. The summed E-state index contributed by atoms with van der Waals surface area (Å²) in [6.07, 6.45) is 4.46. The van der Waals surface area contributed by atoms with Gasteiger partial charge in [0.15, 0.2) is 0 Å². The Kier molecular flexibility index (Phi) is 5.91. The van der Waals surface area contributed by atoms with Crippen molar-refractivity contribution in [2.75, 3.05) is 25.4 Å². The Bertz CT molecular complexity index is 470. The molecule has 1 aromatic carbocycles. The molecule has 0 unspecified atom stereocenters. The van der Waals surface area contributed by atoms with Crippen molar-refractivity contribution in [1.29, 1.82) is 0 Å². The SMILES string of the molecule is Cc1cc([N+](=O)[O-])c(CCN2CCCCC2)cc1N.N. The summed E-state index contributed by atoms with van der Waals surface area (Å²) in [5.41, 5.74) is 8.22. The van der Waals surface area contributed by atoms with Gasteiger partial charge in [-0.05, 0) is 50.9 Å². The van der Waals surface area contributed by atoms with Crippen LogP contribution in [0.15, 0.2) is 12.1 Å². The van der Waals surface area contributed by atoms with Gasteiger partial charge in [-0.15, -0.1) is 0 Å². The first-order valence-corrected chi connectivity index (χ1v) is 6.83. The molecule has 0 spiro atoms. The molecule has 6 heteroatoms. The van der Waals surface area contributed by atoms with E-state index in [1.54, 1.807) is 19.1 Å². The summed E-state index contributed by atoms with van der Waals surface area (Å²) in [5, 5.41) is 11.1. The molecule has 0 amide bonds. The smallest absolute Gasteiger partial charge is 0.273 e. The average Bonchev–Trinajstić information content (AvgIpc) is 2.40. The van der Waals surface area contributed by atoms with Crippen LogP contribution in [0, 0.1) is 17.0 Å². The molecule has 0 atom stereocenters. The van der Waals surface area contributed by atoms with Gasteiger partial charge in [0.05, 0.1) is 4.92 Å². The number of rotatable bonds is 4. The van der Waals surface area contributed by atoms with Crippen LogP contribution in [0.25, 0.3) is 0 Å². The molecule has 0 aliphatic carbocycles. The van der Waals surface area contributed by atoms with Crippen molar-refractivity contribution in [3.05, 3.63) is 33.4 Å². The van der Waals surface area contributed by atoms with Gasteiger partial charge in [-0.25, -0.2) is 0 Å². The van der Waals surface area contributed by atoms with Crippen molar-refractivity contribution >= 4 is 11.4 Å². The topological polar surface area (TPSA) is 107 Å². The van der Waals surface area contributed by atoms with Gasteiger partial charge < -0.3 is 16.8 Å². The Balaban J connectivity index is 0.00000200. The predicted octanol–water partition coefficient (Wildman–Crippen LogP) is 2.68. The fraction of sp³-hybridized carbons (Fsp3) is 0.571. The molecule has 112 valence electrons. The number of nitro groups is 1. The lowest BCUT2D eigenvalue weighted by molar-refractivity contribution is -0.385. The van der Waals surface area contributed by atoms with Crippen molar-refractivity contribution in [2.24, 2.45) is 0 Å². The highest BCUT2D eigenvalue weighted by Gasteiger charge is 2.17. The van der Waals surface area contributed by atoms with Crippen molar-refractivity contribution < 1.29 is 4.92 Å². The number of nitrogens with zero attached hydrogens (tertiary/aromatic N) is 2. The first-order chi connectivity index (χ1) is 9.08. The van der Waals surface area contributed by atoms with E-state index >= 15 is 0 Å². The van der Waals surface area contributed by atoms with Gasteiger partial charge in [-0.2, -0.15) is 0 Å². The van der Waals surface area contributed by atoms with Crippen molar-refractivity contribution in [3.63, 3.8) is 0 Å². The molecule has 20 heavy (non-hydrogen) atoms. The molecule has 0 saturated carbocycles. The summed E-state index contributed by atoms with van der Waals surface area (Å²) in [5.74, 6) is 0. The lowest BCUT2D eigenvalue weighted by Crippen LogP contribution is -2.31. The molecule has 1 fully saturated rings. The third kappa shape index (κ3) is 3.91. The zero-order valence-electron chi connectivity index (χ0n) is 12.1. The number of aryl methyl sites for hydroxylation is 1. The molecule has 1 saturated heterocycles. The Hall–Kier alpha value is -1.66. The molecule has 0 bridgehead atoms. The number of anilines is 1. The van der Waals surface area contributed by atoms with E-state index in [4.69, 9.17) is 5.73 Å². The van der Waals surface area contributed by atoms with E-state index in [9.17, 15) is 10.1 Å². The summed E-state index contributed by atoms with van der Waals surface area (Å²) in [4.78, 5) is 13.2. The molecule has 2 rings (SSSR count). The minimum absolute atomic E-state index is 0. The largest absolute Gasteiger partial charge is 0.398 e. The van der Waals surface area contributed by atoms with E-state index in [0.717, 1.165) is 30.8 Å². The van der Waals surface area contributed by atoms with E-state index in [1.807, 2.05) is 0 Å². The van der Waals surface area contributed by atoms with Gasteiger partial charge in [0.25, 0.3) is 5.69 Å². The van der Waals surface area contributed by atoms with E-state index in [1.165, 1.54) is 19.3 Å². The monoisotopic (exact) mass is 280 g/mol. The lowest BCUT2D eigenvalue weighted by Gasteiger charge is -2.26. The Labute approximate surface area is 119 Å².